The van der Waals surface area contributed by atoms with Gasteiger partial charge in [0, 0.05) is 17.3 Å². The lowest BCUT2D eigenvalue weighted by Gasteiger charge is -2.10. The molecule has 0 unspecified atom stereocenters. The van der Waals surface area contributed by atoms with E-state index in [4.69, 9.17) is 4.74 Å². The molecular formula is C20H18N2O4S. The molecule has 0 aliphatic heterocycles. The van der Waals surface area contributed by atoms with Crippen LogP contribution in [0.5, 0.6) is 5.75 Å². The van der Waals surface area contributed by atoms with E-state index in [0.717, 1.165) is 0 Å². The van der Waals surface area contributed by atoms with Crippen LogP contribution in [0.4, 0.5) is 11.4 Å². The molecule has 1 amide bonds. The van der Waals surface area contributed by atoms with Crippen LogP contribution in [0, 0.1) is 0 Å². The molecule has 0 saturated carbocycles. The highest BCUT2D eigenvalue weighted by molar-refractivity contribution is 7.92. The largest absolute Gasteiger partial charge is 0.497 e. The number of anilines is 2. The molecule has 2 N–H and O–H groups in total. The standard InChI is InChI=1S/C20H18N2O4S/c1-26-18-9-5-8-17(14-18)22-27(24,25)19-12-10-15(11-13-19)20(23)21-16-6-3-2-4-7-16/h2-14,22H,1H3,(H,21,23). The van der Waals surface area contributed by atoms with Crippen molar-refractivity contribution in [1.29, 1.82) is 0 Å². The summed E-state index contributed by atoms with van der Waals surface area (Å²) in [5.41, 5.74) is 1.42. The molecular weight excluding hydrogens is 364 g/mol. The number of hydrogen-bond donors (Lipinski definition) is 2. The fraction of sp³-hybridized carbons (Fsp3) is 0.0500. The molecule has 0 bridgehead atoms. The molecule has 0 atom stereocenters. The molecule has 0 aromatic heterocycles. The fourth-order valence-corrected chi connectivity index (χ4v) is 3.46. The van der Waals surface area contributed by atoms with Gasteiger partial charge in [0.2, 0.25) is 0 Å². The van der Waals surface area contributed by atoms with E-state index in [1.807, 2.05) is 18.2 Å². The number of para-hydroxylation sites is 1. The molecule has 27 heavy (non-hydrogen) atoms. The van der Waals surface area contributed by atoms with Crippen LogP contribution in [0.15, 0.2) is 83.8 Å². The maximum atomic E-state index is 12.5. The molecule has 138 valence electrons. The van der Waals surface area contributed by atoms with E-state index in [1.165, 1.54) is 31.4 Å². The first-order valence-electron chi connectivity index (χ1n) is 8.11. The Morgan fingerprint density at radius 1 is 0.852 bits per heavy atom. The third-order valence-electron chi connectivity index (χ3n) is 3.78. The van der Waals surface area contributed by atoms with Gasteiger partial charge in [-0.25, -0.2) is 8.42 Å². The number of methoxy groups -OCH3 is 1. The Bertz CT molecular complexity index is 1030. The van der Waals surface area contributed by atoms with Crippen LogP contribution in [0.3, 0.4) is 0 Å². The summed E-state index contributed by atoms with van der Waals surface area (Å²) in [6.07, 6.45) is 0. The van der Waals surface area contributed by atoms with Gasteiger partial charge < -0.3 is 10.1 Å². The van der Waals surface area contributed by atoms with Gasteiger partial charge in [-0.2, -0.15) is 0 Å². The van der Waals surface area contributed by atoms with E-state index in [-0.39, 0.29) is 10.8 Å². The number of carbonyl (C=O) groups is 1. The van der Waals surface area contributed by atoms with Gasteiger partial charge in [0.15, 0.2) is 0 Å². The SMILES string of the molecule is COc1cccc(NS(=O)(=O)c2ccc(C(=O)Nc3ccccc3)cc2)c1. The second kappa shape index (κ2) is 7.92. The Morgan fingerprint density at radius 3 is 2.19 bits per heavy atom. The summed E-state index contributed by atoms with van der Waals surface area (Å²) < 4.78 is 32.6. The van der Waals surface area contributed by atoms with Crippen molar-refractivity contribution < 1.29 is 17.9 Å². The molecule has 0 saturated heterocycles. The number of nitrogens with one attached hydrogen (secondary N) is 2. The lowest BCUT2D eigenvalue weighted by atomic mass is 10.2. The molecule has 0 heterocycles. The molecule has 0 radical (unpaired) electrons. The fourth-order valence-electron chi connectivity index (χ4n) is 2.41. The van der Waals surface area contributed by atoms with Crippen molar-refractivity contribution in [2.75, 3.05) is 17.1 Å². The highest BCUT2D eigenvalue weighted by Gasteiger charge is 2.15. The summed E-state index contributed by atoms with van der Waals surface area (Å²) in [6, 6.07) is 21.4. The topological polar surface area (TPSA) is 84.5 Å². The smallest absolute Gasteiger partial charge is 0.261 e. The maximum Gasteiger partial charge on any atom is 0.261 e. The predicted octanol–water partition coefficient (Wildman–Crippen LogP) is 3.75. The zero-order chi connectivity index (χ0) is 19.3. The third-order valence-corrected chi connectivity index (χ3v) is 5.18. The van der Waals surface area contributed by atoms with E-state index < -0.39 is 10.0 Å². The van der Waals surface area contributed by atoms with Gasteiger partial charge in [-0.3, -0.25) is 9.52 Å². The van der Waals surface area contributed by atoms with Crippen LogP contribution in [0.2, 0.25) is 0 Å². The monoisotopic (exact) mass is 382 g/mol. The molecule has 3 rings (SSSR count). The molecule has 0 spiro atoms. The lowest BCUT2D eigenvalue weighted by molar-refractivity contribution is 0.102. The molecule has 3 aromatic rings. The van der Waals surface area contributed by atoms with Gasteiger partial charge in [-0.15, -0.1) is 0 Å². The minimum absolute atomic E-state index is 0.0570. The Labute approximate surface area is 157 Å². The minimum Gasteiger partial charge on any atom is -0.497 e. The van der Waals surface area contributed by atoms with Crippen LogP contribution >= 0.6 is 0 Å². The van der Waals surface area contributed by atoms with Crippen molar-refractivity contribution in [2.24, 2.45) is 0 Å². The summed E-state index contributed by atoms with van der Waals surface area (Å²) in [5, 5.41) is 2.75. The first-order valence-corrected chi connectivity index (χ1v) is 9.59. The van der Waals surface area contributed by atoms with Gasteiger partial charge in [0.25, 0.3) is 15.9 Å². The second-order valence-corrected chi connectivity index (χ2v) is 7.36. The maximum absolute atomic E-state index is 12.5. The van der Waals surface area contributed by atoms with Crippen molar-refractivity contribution in [2.45, 2.75) is 4.90 Å². The van der Waals surface area contributed by atoms with Crippen molar-refractivity contribution >= 4 is 27.3 Å². The van der Waals surface area contributed by atoms with Crippen molar-refractivity contribution in [3.05, 3.63) is 84.4 Å². The molecule has 0 fully saturated rings. The third kappa shape index (κ3) is 4.65. The first kappa shape index (κ1) is 18.5. The Morgan fingerprint density at radius 2 is 1.52 bits per heavy atom. The van der Waals surface area contributed by atoms with Gasteiger partial charge >= 0.3 is 0 Å². The Balaban J connectivity index is 1.74. The summed E-state index contributed by atoms with van der Waals surface area (Å²) in [7, 11) is -2.27. The van der Waals surface area contributed by atoms with Crippen molar-refractivity contribution in [3.63, 3.8) is 0 Å². The van der Waals surface area contributed by atoms with E-state index in [9.17, 15) is 13.2 Å². The Kier molecular flexibility index (Phi) is 5.42. The summed E-state index contributed by atoms with van der Waals surface area (Å²) in [4.78, 5) is 12.3. The van der Waals surface area contributed by atoms with E-state index in [1.54, 1.807) is 36.4 Å². The minimum atomic E-state index is -3.78. The summed E-state index contributed by atoms with van der Waals surface area (Å²) in [6.45, 7) is 0. The first-order chi connectivity index (χ1) is 13.0. The van der Waals surface area contributed by atoms with E-state index in [0.29, 0.717) is 22.7 Å². The van der Waals surface area contributed by atoms with Gasteiger partial charge in [-0.1, -0.05) is 24.3 Å². The van der Waals surface area contributed by atoms with Crippen molar-refractivity contribution in [3.8, 4) is 5.75 Å². The number of benzene rings is 3. The van der Waals surface area contributed by atoms with E-state index >= 15 is 0 Å². The zero-order valence-corrected chi connectivity index (χ0v) is 15.4. The number of rotatable bonds is 6. The summed E-state index contributed by atoms with van der Waals surface area (Å²) >= 11 is 0. The van der Waals surface area contributed by atoms with E-state index in [2.05, 4.69) is 10.0 Å². The molecule has 6 nitrogen and oxygen atoms in total. The number of amides is 1. The number of ether oxygens (including phenoxy) is 1. The predicted molar refractivity (Wildman–Crippen MR) is 105 cm³/mol. The Hall–Kier alpha value is -3.32. The average Bonchev–Trinajstić information content (AvgIpc) is 2.68. The molecule has 0 aliphatic carbocycles. The molecule has 0 aliphatic rings. The van der Waals surface area contributed by atoms with Crippen LogP contribution in [0.25, 0.3) is 0 Å². The number of carbonyl (C=O) groups excluding carboxylic acids is 1. The lowest BCUT2D eigenvalue weighted by Crippen LogP contribution is -2.14. The summed E-state index contributed by atoms with van der Waals surface area (Å²) in [5.74, 6) is 0.231. The highest BCUT2D eigenvalue weighted by atomic mass is 32.2. The van der Waals surface area contributed by atoms with Gasteiger partial charge in [-0.05, 0) is 48.5 Å². The second-order valence-electron chi connectivity index (χ2n) is 5.68. The van der Waals surface area contributed by atoms with Crippen molar-refractivity contribution in [1.82, 2.24) is 0 Å². The quantitative estimate of drug-likeness (QED) is 0.680. The van der Waals surface area contributed by atoms with Crippen LogP contribution in [-0.2, 0) is 10.0 Å². The van der Waals surface area contributed by atoms with Crippen LogP contribution < -0.4 is 14.8 Å². The molecule has 7 heteroatoms. The highest BCUT2D eigenvalue weighted by Crippen LogP contribution is 2.21. The van der Waals surface area contributed by atoms with Crippen LogP contribution in [0.1, 0.15) is 10.4 Å². The normalized spacial score (nSPS) is 10.9. The van der Waals surface area contributed by atoms with Gasteiger partial charge in [0.05, 0.1) is 17.7 Å². The van der Waals surface area contributed by atoms with Crippen LogP contribution in [-0.4, -0.2) is 21.4 Å². The zero-order valence-electron chi connectivity index (χ0n) is 14.5. The van der Waals surface area contributed by atoms with Gasteiger partial charge in [0.1, 0.15) is 5.75 Å². The number of hydrogen-bond acceptors (Lipinski definition) is 4. The average molecular weight is 382 g/mol. The molecule has 3 aromatic carbocycles. The number of sulfonamides is 1.